The molecule has 1 unspecified atom stereocenters. The second-order valence-electron chi connectivity index (χ2n) is 7.88. The van der Waals surface area contributed by atoms with Crippen LogP contribution in [0.15, 0.2) is 59.8 Å². The highest BCUT2D eigenvalue weighted by Crippen LogP contribution is 2.41. The Bertz CT molecular complexity index is 1020. The number of thioether (sulfide) groups is 1. The molecule has 4 rings (SSSR count). The van der Waals surface area contributed by atoms with Gasteiger partial charge in [-0.1, -0.05) is 68.1 Å². The van der Waals surface area contributed by atoms with Crippen molar-refractivity contribution in [3.8, 4) is 11.4 Å². The van der Waals surface area contributed by atoms with E-state index >= 15 is 0 Å². The van der Waals surface area contributed by atoms with Crippen LogP contribution >= 0.6 is 11.8 Å². The second kappa shape index (κ2) is 9.00. The molecule has 1 aromatic heterocycles. The van der Waals surface area contributed by atoms with Crippen molar-refractivity contribution >= 4 is 17.7 Å². The molecular weight excluding hydrogens is 399 g/mol. The minimum atomic E-state index is -0.316. The molecular formula is C23H25FN4OS. The van der Waals surface area contributed by atoms with Crippen LogP contribution in [0.2, 0.25) is 0 Å². The summed E-state index contributed by atoms with van der Waals surface area (Å²) < 4.78 is 16.3. The van der Waals surface area contributed by atoms with Crippen LogP contribution in [0.1, 0.15) is 44.3 Å². The summed E-state index contributed by atoms with van der Waals surface area (Å²) in [7, 11) is 0. The monoisotopic (exact) mass is 424 g/mol. The van der Waals surface area contributed by atoms with Gasteiger partial charge in [-0.25, -0.2) is 4.39 Å². The zero-order chi connectivity index (χ0) is 21.1. The number of carbonyl (C=O) groups excluding carboxylic acids is 1. The molecule has 2 aromatic carbocycles. The lowest BCUT2D eigenvalue weighted by Crippen LogP contribution is -2.33. The van der Waals surface area contributed by atoms with Crippen molar-refractivity contribution in [2.75, 3.05) is 5.75 Å². The highest BCUT2D eigenvalue weighted by Gasteiger charge is 2.31. The summed E-state index contributed by atoms with van der Waals surface area (Å²) in [5, 5.41) is 12.3. The van der Waals surface area contributed by atoms with Crippen molar-refractivity contribution in [2.45, 2.75) is 43.9 Å². The van der Waals surface area contributed by atoms with Gasteiger partial charge in [0, 0.05) is 6.04 Å². The first kappa shape index (κ1) is 20.6. The Morgan fingerprint density at radius 2 is 1.83 bits per heavy atom. The predicted molar refractivity (Wildman–Crippen MR) is 117 cm³/mol. The second-order valence-corrected chi connectivity index (χ2v) is 8.82. The Morgan fingerprint density at radius 3 is 2.50 bits per heavy atom. The Balaban J connectivity index is 1.47. The van der Waals surface area contributed by atoms with Gasteiger partial charge in [-0.15, -0.1) is 10.2 Å². The van der Waals surface area contributed by atoms with E-state index in [0.717, 1.165) is 18.4 Å². The van der Waals surface area contributed by atoms with Gasteiger partial charge in [0.2, 0.25) is 5.91 Å². The summed E-state index contributed by atoms with van der Waals surface area (Å²) in [6, 6.07) is 16.8. The maximum atomic E-state index is 14.3. The van der Waals surface area contributed by atoms with Crippen molar-refractivity contribution in [3.05, 3.63) is 66.0 Å². The Kier molecular flexibility index (Phi) is 6.18. The molecule has 156 valence electrons. The van der Waals surface area contributed by atoms with E-state index in [-0.39, 0.29) is 35.5 Å². The van der Waals surface area contributed by atoms with Crippen LogP contribution in [-0.2, 0) is 4.79 Å². The largest absolute Gasteiger partial charge is 0.348 e. The van der Waals surface area contributed by atoms with Crippen LogP contribution < -0.4 is 5.32 Å². The van der Waals surface area contributed by atoms with Gasteiger partial charge in [0.25, 0.3) is 0 Å². The normalized spacial score (nSPS) is 14.7. The fraction of sp³-hybridized carbons (Fsp3) is 0.348. The highest BCUT2D eigenvalue weighted by atomic mass is 32.2. The third kappa shape index (κ3) is 4.56. The van der Waals surface area contributed by atoms with Crippen LogP contribution in [0.5, 0.6) is 0 Å². The number of nitrogens with zero attached hydrogens (tertiary/aromatic N) is 3. The molecule has 0 saturated heterocycles. The fourth-order valence-electron chi connectivity index (χ4n) is 3.50. The lowest BCUT2D eigenvalue weighted by Gasteiger charge is -2.22. The summed E-state index contributed by atoms with van der Waals surface area (Å²) in [5.41, 5.74) is 1.53. The molecule has 0 aliphatic heterocycles. The lowest BCUT2D eigenvalue weighted by molar-refractivity contribution is -0.119. The van der Waals surface area contributed by atoms with Crippen LogP contribution in [-0.4, -0.2) is 26.4 Å². The molecule has 1 heterocycles. The Labute approximate surface area is 180 Å². The van der Waals surface area contributed by atoms with Gasteiger partial charge in [0.05, 0.1) is 17.4 Å². The smallest absolute Gasteiger partial charge is 0.230 e. The molecule has 0 radical (unpaired) electrons. The number of nitrogens with one attached hydrogen (secondary N) is 1. The van der Waals surface area contributed by atoms with Crippen LogP contribution in [0, 0.1) is 11.7 Å². The molecule has 0 spiro atoms. The van der Waals surface area contributed by atoms with Gasteiger partial charge in [0.15, 0.2) is 11.0 Å². The number of amides is 1. The lowest BCUT2D eigenvalue weighted by atomic mass is 9.96. The van der Waals surface area contributed by atoms with Crippen LogP contribution in [0.3, 0.4) is 0 Å². The molecule has 1 amide bonds. The average Bonchev–Trinajstić information content (AvgIpc) is 3.50. The van der Waals surface area contributed by atoms with E-state index in [0.29, 0.717) is 16.5 Å². The number of halogens is 1. The first-order valence-electron chi connectivity index (χ1n) is 10.2. The van der Waals surface area contributed by atoms with Crippen molar-refractivity contribution in [2.24, 2.45) is 5.92 Å². The number of carbonyl (C=O) groups is 1. The number of aromatic nitrogens is 3. The van der Waals surface area contributed by atoms with Crippen LogP contribution in [0.25, 0.3) is 11.4 Å². The molecule has 7 heteroatoms. The quantitative estimate of drug-likeness (QED) is 0.516. The molecule has 5 nitrogen and oxygen atoms in total. The topological polar surface area (TPSA) is 59.8 Å². The summed E-state index contributed by atoms with van der Waals surface area (Å²) in [4.78, 5) is 12.7. The van der Waals surface area contributed by atoms with E-state index < -0.39 is 0 Å². The van der Waals surface area contributed by atoms with E-state index in [1.165, 1.54) is 17.8 Å². The summed E-state index contributed by atoms with van der Waals surface area (Å²) in [6.45, 7) is 4.19. The minimum absolute atomic E-state index is 0.0467. The van der Waals surface area contributed by atoms with E-state index in [9.17, 15) is 9.18 Å². The Hall–Kier alpha value is -2.67. The summed E-state index contributed by atoms with van der Waals surface area (Å²) in [6.07, 6.45) is 2.03. The maximum Gasteiger partial charge on any atom is 0.230 e. The van der Waals surface area contributed by atoms with E-state index in [2.05, 4.69) is 29.4 Å². The molecule has 1 N–H and O–H groups in total. The van der Waals surface area contributed by atoms with Crippen molar-refractivity contribution in [1.82, 2.24) is 20.1 Å². The molecule has 3 aromatic rings. The number of hydrogen-bond donors (Lipinski definition) is 1. The molecule has 1 aliphatic rings. The third-order valence-electron chi connectivity index (χ3n) is 5.17. The summed E-state index contributed by atoms with van der Waals surface area (Å²) >= 11 is 1.35. The predicted octanol–water partition coefficient (Wildman–Crippen LogP) is 5.02. The molecule has 1 saturated carbocycles. The van der Waals surface area contributed by atoms with Crippen molar-refractivity contribution in [1.29, 1.82) is 0 Å². The van der Waals surface area contributed by atoms with Gasteiger partial charge in [-0.3, -0.25) is 9.36 Å². The number of benzene rings is 2. The van der Waals surface area contributed by atoms with Gasteiger partial charge in [0.1, 0.15) is 5.82 Å². The molecule has 1 fully saturated rings. The number of rotatable bonds is 8. The van der Waals surface area contributed by atoms with E-state index in [1.54, 1.807) is 18.2 Å². The SMILES string of the molecule is CC(C)C(NC(=O)CSc1nnc(-c2ccccc2F)n1C1CC1)c1ccccc1. The van der Waals surface area contributed by atoms with Gasteiger partial charge >= 0.3 is 0 Å². The zero-order valence-electron chi connectivity index (χ0n) is 17.1. The highest BCUT2D eigenvalue weighted by molar-refractivity contribution is 7.99. The summed E-state index contributed by atoms with van der Waals surface area (Å²) in [5.74, 6) is 0.661. The van der Waals surface area contributed by atoms with Crippen LogP contribution in [0.4, 0.5) is 4.39 Å². The number of hydrogen-bond acceptors (Lipinski definition) is 4. The molecule has 30 heavy (non-hydrogen) atoms. The molecule has 1 atom stereocenters. The van der Waals surface area contributed by atoms with Crippen molar-refractivity contribution < 1.29 is 9.18 Å². The molecule has 0 bridgehead atoms. The third-order valence-corrected chi connectivity index (χ3v) is 6.11. The van der Waals surface area contributed by atoms with Crippen molar-refractivity contribution in [3.63, 3.8) is 0 Å². The first-order chi connectivity index (χ1) is 14.5. The van der Waals surface area contributed by atoms with E-state index in [4.69, 9.17) is 0 Å². The van der Waals surface area contributed by atoms with Gasteiger partial charge < -0.3 is 5.32 Å². The van der Waals surface area contributed by atoms with Gasteiger partial charge in [-0.2, -0.15) is 0 Å². The average molecular weight is 425 g/mol. The standard InChI is InChI=1S/C23H25FN4OS/c1-15(2)21(16-8-4-3-5-9-16)25-20(29)14-30-23-27-26-22(28(23)17-12-13-17)18-10-6-7-11-19(18)24/h3-11,15,17,21H,12-14H2,1-2H3,(H,25,29). The first-order valence-corrected chi connectivity index (χ1v) is 11.2. The van der Waals surface area contributed by atoms with Gasteiger partial charge in [-0.05, 0) is 36.5 Å². The maximum absolute atomic E-state index is 14.3. The minimum Gasteiger partial charge on any atom is -0.348 e. The Morgan fingerprint density at radius 1 is 1.13 bits per heavy atom. The fourth-order valence-corrected chi connectivity index (χ4v) is 4.32. The molecule has 1 aliphatic carbocycles. The zero-order valence-corrected chi connectivity index (χ0v) is 17.9. The van der Waals surface area contributed by atoms with E-state index in [1.807, 2.05) is 34.9 Å².